The van der Waals surface area contributed by atoms with Crippen molar-refractivity contribution < 1.29 is 14.3 Å². The van der Waals surface area contributed by atoms with Crippen LogP contribution in [-0.2, 0) is 28.9 Å². The zero-order valence-electron chi connectivity index (χ0n) is 28.8. The summed E-state index contributed by atoms with van der Waals surface area (Å²) in [5, 5.41) is 0. The number of likely N-dealkylation sites (N-methyl/N-ethyl adjacent to an activating group) is 1. The monoisotopic (exact) mass is 632 g/mol. The third-order valence-corrected chi connectivity index (χ3v) is 10.3. The van der Waals surface area contributed by atoms with E-state index in [2.05, 4.69) is 56.9 Å². The van der Waals surface area contributed by atoms with Gasteiger partial charge in [0.05, 0.1) is 31.0 Å². The lowest BCUT2D eigenvalue weighted by Gasteiger charge is -2.44. The second-order valence-corrected chi connectivity index (χ2v) is 14.6. The average Bonchev–Trinajstić information content (AvgIpc) is 3.07. The number of anilines is 1. The van der Waals surface area contributed by atoms with Crippen molar-refractivity contribution in [3.05, 3.63) is 58.9 Å². The van der Waals surface area contributed by atoms with Gasteiger partial charge >= 0.3 is 6.09 Å². The van der Waals surface area contributed by atoms with E-state index in [1.807, 2.05) is 31.9 Å². The Balaban J connectivity index is 1.27. The fourth-order valence-electron chi connectivity index (χ4n) is 7.87. The van der Waals surface area contributed by atoms with Crippen molar-refractivity contribution in [2.45, 2.75) is 84.0 Å². The largest absolute Gasteiger partial charge is 0.444 e. The molecule has 46 heavy (non-hydrogen) atoms. The fourth-order valence-corrected chi connectivity index (χ4v) is 7.87. The molecule has 1 aromatic carbocycles. The molecule has 0 spiro atoms. The van der Waals surface area contributed by atoms with Gasteiger partial charge in [-0.05, 0) is 94.8 Å². The number of ether oxygens (including phenoxy) is 2. The van der Waals surface area contributed by atoms with Crippen LogP contribution in [0.4, 0.5) is 10.5 Å². The Hall–Kier alpha value is -2.72. The molecular formula is C37H56N6O3. The van der Waals surface area contributed by atoms with Crippen LogP contribution in [-0.4, -0.2) is 121 Å². The van der Waals surface area contributed by atoms with E-state index in [-0.39, 0.29) is 18.2 Å². The van der Waals surface area contributed by atoms with Gasteiger partial charge in [-0.1, -0.05) is 25.1 Å². The highest BCUT2D eigenvalue weighted by atomic mass is 16.6. The van der Waals surface area contributed by atoms with E-state index in [4.69, 9.17) is 14.5 Å². The lowest BCUT2D eigenvalue weighted by atomic mass is 9.88. The van der Waals surface area contributed by atoms with Crippen molar-refractivity contribution >= 4 is 11.8 Å². The molecule has 2 saturated heterocycles. The van der Waals surface area contributed by atoms with Gasteiger partial charge in [-0.2, -0.15) is 0 Å². The van der Waals surface area contributed by atoms with Crippen LogP contribution < -0.4 is 4.90 Å². The first kappa shape index (κ1) is 33.2. The van der Waals surface area contributed by atoms with Crippen molar-refractivity contribution in [2.24, 2.45) is 0 Å². The van der Waals surface area contributed by atoms with Crippen LogP contribution in [0.5, 0.6) is 0 Å². The number of pyridine rings is 1. The van der Waals surface area contributed by atoms with Crippen LogP contribution in [0.2, 0.25) is 0 Å². The minimum atomic E-state index is -0.550. The zero-order valence-corrected chi connectivity index (χ0v) is 28.8. The Kier molecular flexibility index (Phi) is 10.8. The lowest BCUT2D eigenvalue weighted by molar-refractivity contribution is 0.00432. The summed E-state index contributed by atoms with van der Waals surface area (Å²) in [6, 6.07) is 11.2. The SMILES string of the molecule is CCN1CCN(CCCN(C[C@H]2Cc3c(cccc3N3CCOCC3)CN2C(=O)OC(C)(C)C)[C@H]2CCCc3cccnc32)CC1. The van der Waals surface area contributed by atoms with Gasteiger partial charge in [0.2, 0.25) is 0 Å². The standard InChI is InChI=1S/C37H56N6O3/c1-5-39-18-20-40(21-19-39)16-9-17-42(34-14-6-10-29-12-8-15-38-35(29)34)28-31-26-32-30(27-43(31)36(44)46-37(2,3)4)11-7-13-33(32)41-22-24-45-25-23-41/h7-8,11-13,15,31,34H,5-6,9-10,14,16-28H2,1-4H3/t31-,34+/m1/s1. The van der Waals surface area contributed by atoms with Crippen LogP contribution in [0.1, 0.15) is 75.4 Å². The van der Waals surface area contributed by atoms with E-state index in [9.17, 15) is 4.79 Å². The van der Waals surface area contributed by atoms with E-state index >= 15 is 0 Å². The number of aryl methyl sites for hydroxylation is 1. The fraction of sp³-hybridized carbons (Fsp3) is 0.676. The number of nitrogens with zero attached hydrogens (tertiary/aromatic N) is 6. The minimum absolute atomic E-state index is 0.00623. The smallest absolute Gasteiger partial charge is 0.410 e. The van der Waals surface area contributed by atoms with Crippen molar-refractivity contribution in [2.75, 3.05) is 83.6 Å². The molecule has 9 nitrogen and oxygen atoms in total. The molecule has 252 valence electrons. The summed E-state index contributed by atoms with van der Waals surface area (Å²) in [6.45, 7) is 20.7. The van der Waals surface area contributed by atoms with E-state index < -0.39 is 5.60 Å². The third kappa shape index (κ3) is 8.04. The van der Waals surface area contributed by atoms with Crippen LogP contribution in [0.3, 0.4) is 0 Å². The molecule has 1 aromatic heterocycles. The van der Waals surface area contributed by atoms with Gasteiger partial charge in [-0.25, -0.2) is 4.79 Å². The van der Waals surface area contributed by atoms with Gasteiger partial charge < -0.3 is 24.2 Å². The summed E-state index contributed by atoms with van der Waals surface area (Å²) in [5.74, 6) is 0. The molecule has 0 N–H and O–H groups in total. The summed E-state index contributed by atoms with van der Waals surface area (Å²) < 4.78 is 11.7. The highest BCUT2D eigenvalue weighted by molar-refractivity contribution is 5.70. The number of benzene rings is 1. The lowest BCUT2D eigenvalue weighted by Crippen LogP contribution is -2.53. The van der Waals surface area contributed by atoms with Crippen molar-refractivity contribution in [1.29, 1.82) is 0 Å². The van der Waals surface area contributed by atoms with Gasteiger partial charge in [0, 0.05) is 70.8 Å². The molecular weight excluding hydrogens is 576 g/mol. The summed E-state index contributed by atoms with van der Waals surface area (Å²) in [7, 11) is 0. The van der Waals surface area contributed by atoms with Crippen molar-refractivity contribution in [3.8, 4) is 0 Å². The number of rotatable bonds is 9. The number of amides is 1. The number of carbonyl (C=O) groups excluding carboxylic acids is 1. The molecule has 1 aliphatic carbocycles. The average molecular weight is 633 g/mol. The van der Waals surface area contributed by atoms with Gasteiger partial charge in [-0.15, -0.1) is 0 Å². The predicted octanol–water partition coefficient (Wildman–Crippen LogP) is 4.99. The molecule has 0 bridgehead atoms. The Morgan fingerprint density at radius 1 is 1.02 bits per heavy atom. The second kappa shape index (κ2) is 15.0. The zero-order chi connectivity index (χ0) is 32.1. The van der Waals surface area contributed by atoms with E-state index in [0.717, 1.165) is 104 Å². The topological polar surface area (TPSA) is 64.6 Å². The first-order chi connectivity index (χ1) is 22.3. The third-order valence-electron chi connectivity index (χ3n) is 10.3. The molecule has 9 heteroatoms. The molecule has 2 aromatic rings. The van der Waals surface area contributed by atoms with Crippen LogP contribution in [0.15, 0.2) is 36.5 Å². The Bertz CT molecular complexity index is 1300. The maximum Gasteiger partial charge on any atom is 0.410 e. The predicted molar refractivity (Wildman–Crippen MR) is 183 cm³/mol. The summed E-state index contributed by atoms with van der Waals surface area (Å²) in [6.07, 6.45) is 7.05. The van der Waals surface area contributed by atoms with Gasteiger partial charge in [0.1, 0.15) is 5.60 Å². The van der Waals surface area contributed by atoms with Crippen molar-refractivity contribution in [3.63, 3.8) is 0 Å². The molecule has 1 amide bonds. The number of hydrogen-bond donors (Lipinski definition) is 0. The number of fused-ring (bicyclic) bond motifs is 2. The summed E-state index contributed by atoms with van der Waals surface area (Å²) in [5.41, 5.74) is 5.98. The van der Waals surface area contributed by atoms with Gasteiger partial charge in [0.25, 0.3) is 0 Å². The Morgan fingerprint density at radius 2 is 1.78 bits per heavy atom. The van der Waals surface area contributed by atoms with Crippen LogP contribution in [0.25, 0.3) is 0 Å². The van der Waals surface area contributed by atoms with E-state index in [1.165, 1.54) is 34.5 Å². The normalized spacial score (nSPS) is 22.9. The maximum absolute atomic E-state index is 13.9. The molecule has 2 fully saturated rings. The highest BCUT2D eigenvalue weighted by Gasteiger charge is 2.38. The van der Waals surface area contributed by atoms with Crippen LogP contribution >= 0.6 is 0 Å². The molecule has 3 aliphatic heterocycles. The quantitative estimate of drug-likeness (QED) is 0.384. The molecule has 6 rings (SSSR count). The summed E-state index contributed by atoms with van der Waals surface area (Å²) in [4.78, 5) is 31.2. The molecule has 0 unspecified atom stereocenters. The Morgan fingerprint density at radius 3 is 2.54 bits per heavy atom. The first-order valence-electron chi connectivity index (χ1n) is 17.8. The van der Waals surface area contributed by atoms with E-state index in [0.29, 0.717) is 6.54 Å². The van der Waals surface area contributed by atoms with Gasteiger partial charge in [-0.3, -0.25) is 14.8 Å². The molecule has 2 atom stereocenters. The molecule has 0 radical (unpaired) electrons. The number of piperazine rings is 1. The number of hydrogen-bond acceptors (Lipinski definition) is 8. The number of carbonyl (C=O) groups is 1. The van der Waals surface area contributed by atoms with E-state index in [1.54, 1.807) is 0 Å². The number of morpholine rings is 1. The van der Waals surface area contributed by atoms with Crippen molar-refractivity contribution in [1.82, 2.24) is 24.6 Å². The second-order valence-electron chi connectivity index (χ2n) is 14.6. The van der Waals surface area contributed by atoms with Crippen LogP contribution in [0, 0.1) is 0 Å². The molecule has 4 heterocycles. The summed E-state index contributed by atoms with van der Waals surface area (Å²) >= 11 is 0. The molecule has 0 saturated carbocycles. The highest BCUT2D eigenvalue weighted by Crippen LogP contribution is 2.37. The molecule has 4 aliphatic rings. The number of aromatic nitrogens is 1. The minimum Gasteiger partial charge on any atom is -0.444 e. The van der Waals surface area contributed by atoms with Gasteiger partial charge in [0.15, 0.2) is 0 Å². The maximum atomic E-state index is 13.9. The Labute approximate surface area is 276 Å². The first-order valence-corrected chi connectivity index (χ1v) is 17.8.